The lowest BCUT2D eigenvalue weighted by Gasteiger charge is -2.20. The molecule has 82 valence electrons. The van der Waals surface area contributed by atoms with Gasteiger partial charge in [-0.3, -0.25) is 4.79 Å². The van der Waals surface area contributed by atoms with E-state index in [0.29, 0.717) is 10.9 Å². The van der Waals surface area contributed by atoms with Crippen LogP contribution in [0.1, 0.15) is 25.7 Å². The molecule has 1 saturated carbocycles. The van der Waals surface area contributed by atoms with Crippen LogP contribution in [-0.2, 0) is 0 Å². The monoisotopic (exact) mass is 226 g/mol. The first-order chi connectivity index (χ1) is 7.18. The van der Waals surface area contributed by atoms with Gasteiger partial charge in [-0.05, 0) is 12.8 Å². The van der Waals surface area contributed by atoms with Crippen molar-refractivity contribution in [2.45, 2.75) is 36.4 Å². The summed E-state index contributed by atoms with van der Waals surface area (Å²) in [6.07, 6.45) is 5.39. The van der Waals surface area contributed by atoms with Crippen molar-refractivity contribution in [3.05, 3.63) is 22.6 Å². The Morgan fingerprint density at radius 2 is 2.27 bits per heavy atom. The zero-order valence-corrected chi connectivity index (χ0v) is 9.22. The molecule has 5 heteroatoms. The second kappa shape index (κ2) is 4.37. The fourth-order valence-electron chi connectivity index (χ4n) is 1.81. The van der Waals surface area contributed by atoms with Crippen LogP contribution >= 0.6 is 11.8 Å². The lowest BCUT2D eigenvalue weighted by Crippen LogP contribution is -2.27. The molecule has 1 aromatic heterocycles. The predicted octanol–water partition coefficient (Wildman–Crippen LogP) is 1.17. The van der Waals surface area contributed by atoms with Crippen molar-refractivity contribution in [1.82, 2.24) is 9.97 Å². The van der Waals surface area contributed by atoms with E-state index in [-0.39, 0.29) is 5.56 Å². The van der Waals surface area contributed by atoms with Crippen molar-refractivity contribution in [1.29, 1.82) is 0 Å². The molecule has 0 spiro atoms. The topological polar surface area (TPSA) is 66.0 Å². The molecular weight excluding hydrogens is 212 g/mol. The van der Waals surface area contributed by atoms with E-state index < -0.39 is 5.60 Å². The summed E-state index contributed by atoms with van der Waals surface area (Å²) < 4.78 is 0. The number of H-pyrrole nitrogens is 1. The van der Waals surface area contributed by atoms with E-state index in [1.165, 1.54) is 24.0 Å². The van der Waals surface area contributed by atoms with Gasteiger partial charge in [-0.15, -0.1) is 0 Å². The number of hydrogen-bond donors (Lipinski definition) is 2. The van der Waals surface area contributed by atoms with Crippen LogP contribution in [0, 0.1) is 0 Å². The molecule has 0 aromatic carbocycles. The average Bonchev–Trinajstić information content (AvgIpc) is 2.63. The lowest BCUT2D eigenvalue weighted by atomic mass is 10.1. The molecule has 1 aromatic rings. The number of aromatic nitrogens is 2. The van der Waals surface area contributed by atoms with Gasteiger partial charge in [0.1, 0.15) is 0 Å². The second-order valence-corrected chi connectivity index (χ2v) is 4.92. The highest BCUT2D eigenvalue weighted by molar-refractivity contribution is 7.99. The fourth-order valence-corrected chi connectivity index (χ4v) is 2.81. The molecule has 1 aliphatic carbocycles. The fraction of sp³-hybridized carbons (Fsp3) is 0.600. The largest absolute Gasteiger partial charge is 0.389 e. The minimum absolute atomic E-state index is 0.147. The van der Waals surface area contributed by atoms with Gasteiger partial charge in [0.15, 0.2) is 5.16 Å². The van der Waals surface area contributed by atoms with E-state index in [1.54, 1.807) is 0 Å². The molecule has 1 heterocycles. The van der Waals surface area contributed by atoms with Gasteiger partial charge in [0.25, 0.3) is 5.56 Å². The molecular formula is C10H14N2O2S. The van der Waals surface area contributed by atoms with E-state index in [2.05, 4.69) is 9.97 Å². The molecule has 4 nitrogen and oxygen atoms in total. The number of nitrogens with zero attached hydrogens (tertiary/aromatic N) is 1. The molecule has 2 N–H and O–H groups in total. The summed E-state index contributed by atoms with van der Waals surface area (Å²) in [6.45, 7) is 0. The first-order valence-corrected chi connectivity index (χ1v) is 6.07. The second-order valence-electron chi connectivity index (χ2n) is 3.96. The summed E-state index contributed by atoms with van der Waals surface area (Å²) in [6, 6.07) is 1.38. The van der Waals surface area contributed by atoms with E-state index in [4.69, 9.17) is 0 Å². The molecule has 1 aliphatic rings. The summed E-state index contributed by atoms with van der Waals surface area (Å²) in [5.74, 6) is 0.611. The Hall–Kier alpha value is -0.810. The number of aromatic amines is 1. The smallest absolute Gasteiger partial charge is 0.251 e. The number of rotatable bonds is 3. The van der Waals surface area contributed by atoms with Crippen molar-refractivity contribution in [2.75, 3.05) is 5.75 Å². The van der Waals surface area contributed by atoms with E-state index in [9.17, 15) is 9.90 Å². The van der Waals surface area contributed by atoms with Gasteiger partial charge in [0.05, 0.1) is 5.60 Å². The Kier molecular flexibility index (Phi) is 3.11. The highest BCUT2D eigenvalue weighted by atomic mass is 32.2. The van der Waals surface area contributed by atoms with Gasteiger partial charge >= 0.3 is 0 Å². The zero-order valence-electron chi connectivity index (χ0n) is 8.40. The normalized spacial score (nSPS) is 19.3. The van der Waals surface area contributed by atoms with Crippen molar-refractivity contribution < 1.29 is 5.11 Å². The van der Waals surface area contributed by atoms with Gasteiger partial charge in [0, 0.05) is 18.0 Å². The van der Waals surface area contributed by atoms with Crippen LogP contribution in [0.2, 0.25) is 0 Å². The van der Waals surface area contributed by atoms with Gasteiger partial charge in [-0.1, -0.05) is 24.6 Å². The van der Waals surface area contributed by atoms with Crippen molar-refractivity contribution >= 4 is 11.8 Å². The molecule has 0 amide bonds. The minimum atomic E-state index is -0.556. The van der Waals surface area contributed by atoms with Crippen LogP contribution in [-0.4, -0.2) is 26.4 Å². The summed E-state index contributed by atoms with van der Waals surface area (Å²) in [5, 5.41) is 10.7. The van der Waals surface area contributed by atoms with Crippen molar-refractivity contribution in [2.24, 2.45) is 0 Å². The van der Waals surface area contributed by atoms with Gasteiger partial charge in [0.2, 0.25) is 0 Å². The van der Waals surface area contributed by atoms with Crippen molar-refractivity contribution in [3.8, 4) is 0 Å². The SMILES string of the molecule is O=c1ccnc(SCC2(O)CCCC2)[nH]1. The van der Waals surface area contributed by atoms with E-state index >= 15 is 0 Å². The number of hydrogen-bond acceptors (Lipinski definition) is 4. The average molecular weight is 226 g/mol. The molecule has 15 heavy (non-hydrogen) atoms. The molecule has 2 rings (SSSR count). The lowest BCUT2D eigenvalue weighted by molar-refractivity contribution is 0.0732. The molecule has 0 atom stereocenters. The quantitative estimate of drug-likeness (QED) is 0.599. The number of thioether (sulfide) groups is 1. The van der Waals surface area contributed by atoms with Crippen LogP contribution in [0.5, 0.6) is 0 Å². The predicted molar refractivity (Wildman–Crippen MR) is 59.0 cm³/mol. The first-order valence-electron chi connectivity index (χ1n) is 5.09. The Morgan fingerprint density at radius 3 is 2.93 bits per heavy atom. The van der Waals surface area contributed by atoms with Crippen LogP contribution in [0.4, 0.5) is 0 Å². The van der Waals surface area contributed by atoms with E-state index in [0.717, 1.165) is 25.7 Å². The minimum Gasteiger partial charge on any atom is -0.389 e. The third kappa shape index (κ3) is 2.82. The molecule has 1 fully saturated rings. The van der Waals surface area contributed by atoms with Crippen molar-refractivity contribution in [3.63, 3.8) is 0 Å². The third-order valence-corrected chi connectivity index (χ3v) is 3.82. The first kappa shape index (κ1) is 10.7. The zero-order chi connectivity index (χ0) is 10.7. The summed E-state index contributed by atoms with van der Waals surface area (Å²) in [7, 11) is 0. The Bertz CT molecular complexity index is 385. The Labute approximate surface area is 92.1 Å². The maximum absolute atomic E-state index is 11.0. The molecule has 0 aliphatic heterocycles. The van der Waals surface area contributed by atoms with E-state index in [1.807, 2.05) is 0 Å². The highest BCUT2D eigenvalue weighted by Crippen LogP contribution is 2.33. The van der Waals surface area contributed by atoms with Gasteiger partial charge in [-0.25, -0.2) is 4.98 Å². The van der Waals surface area contributed by atoms with Gasteiger partial charge < -0.3 is 10.1 Å². The standard InChI is InChI=1S/C10H14N2O2S/c13-8-3-6-11-9(12-8)15-7-10(14)4-1-2-5-10/h3,6,14H,1-2,4-5,7H2,(H,11,12,13). The summed E-state index contributed by atoms with van der Waals surface area (Å²) in [5.41, 5.74) is -0.704. The third-order valence-electron chi connectivity index (χ3n) is 2.66. The van der Waals surface area contributed by atoms with Crippen LogP contribution in [0.15, 0.2) is 22.2 Å². The highest BCUT2D eigenvalue weighted by Gasteiger charge is 2.31. The number of nitrogens with one attached hydrogen (secondary N) is 1. The summed E-state index contributed by atoms with van der Waals surface area (Å²) in [4.78, 5) is 17.7. The Morgan fingerprint density at radius 1 is 1.53 bits per heavy atom. The number of aliphatic hydroxyl groups is 1. The molecule has 0 radical (unpaired) electrons. The van der Waals surface area contributed by atoms with Crippen LogP contribution in [0.3, 0.4) is 0 Å². The maximum Gasteiger partial charge on any atom is 0.251 e. The molecule has 0 bridgehead atoms. The van der Waals surface area contributed by atoms with Crippen LogP contribution in [0.25, 0.3) is 0 Å². The molecule has 0 saturated heterocycles. The van der Waals surface area contributed by atoms with Crippen LogP contribution < -0.4 is 5.56 Å². The summed E-state index contributed by atoms with van der Waals surface area (Å²) >= 11 is 1.41. The maximum atomic E-state index is 11.0. The Balaban J connectivity index is 1.95. The molecule has 0 unspecified atom stereocenters. The van der Waals surface area contributed by atoms with Gasteiger partial charge in [-0.2, -0.15) is 0 Å².